The predicted molar refractivity (Wildman–Crippen MR) is 66.2 cm³/mol. The first-order valence-electron chi connectivity index (χ1n) is 5.36. The molecule has 6 heteroatoms. The van der Waals surface area contributed by atoms with E-state index in [4.69, 9.17) is 0 Å². The Morgan fingerprint density at radius 2 is 1.37 bits per heavy atom. The van der Waals surface area contributed by atoms with E-state index < -0.39 is 16.7 Å². The van der Waals surface area contributed by atoms with Gasteiger partial charge in [0.2, 0.25) is 0 Å². The Morgan fingerprint density at radius 3 is 1.89 bits per heavy atom. The van der Waals surface area contributed by atoms with Crippen LogP contribution in [0.4, 0.5) is 8.78 Å². The van der Waals surface area contributed by atoms with Crippen molar-refractivity contribution in [2.45, 2.75) is 11.5 Å². The smallest absolute Gasteiger partial charge is 0.199 e. The minimum absolute atomic E-state index is 0.299. The molecule has 0 aliphatic rings. The molecule has 0 aromatic heterocycles. The van der Waals surface area contributed by atoms with Crippen LogP contribution < -0.4 is 0 Å². The number of halogens is 2. The quantitative estimate of drug-likeness (QED) is 0.809. The van der Waals surface area contributed by atoms with E-state index in [9.17, 15) is 17.2 Å². The minimum atomic E-state index is -4.41. The lowest BCUT2D eigenvalue weighted by Gasteiger charge is -2.06. The first-order valence-corrected chi connectivity index (χ1v) is 6.77. The van der Waals surface area contributed by atoms with Gasteiger partial charge >= 0.3 is 16.7 Å². The molecule has 0 amide bonds. The molecule has 0 saturated heterocycles. The van der Waals surface area contributed by atoms with Gasteiger partial charge in [-0.05, 0) is 23.3 Å². The molecule has 2 aromatic carbocycles. The Morgan fingerprint density at radius 1 is 0.842 bits per heavy atom. The second-order valence-electron chi connectivity index (χ2n) is 3.70. The van der Waals surface area contributed by atoms with Crippen molar-refractivity contribution < 1.29 is 21.4 Å². The zero-order valence-corrected chi connectivity index (χ0v) is 10.5. The second-order valence-corrected chi connectivity index (χ2v) is 5.27. The summed E-state index contributed by atoms with van der Waals surface area (Å²) in [6, 6.07) is 14.8. The first-order chi connectivity index (χ1) is 8.99. The number of benzene rings is 2. The van der Waals surface area contributed by atoms with Gasteiger partial charge in [-0.3, -0.25) is 0 Å². The van der Waals surface area contributed by atoms with Crippen LogP contribution in [0, 0.1) is 0 Å². The van der Waals surface area contributed by atoms with Crippen LogP contribution in [-0.2, 0) is 14.3 Å². The normalized spacial score (nSPS) is 11.7. The fraction of sp³-hybridized carbons (Fsp3) is 0.0769. The Balaban J connectivity index is 2.29. The maximum Gasteiger partial charge on any atom is 0.359 e. The Labute approximate surface area is 109 Å². The van der Waals surface area contributed by atoms with Gasteiger partial charge in [0, 0.05) is 0 Å². The molecule has 0 radical (unpaired) electrons. The highest BCUT2D eigenvalue weighted by Gasteiger charge is 2.20. The molecule has 0 fully saturated rings. The van der Waals surface area contributed by atoms with Gasteiger partial charge in [-0.15, -0.1) is 0 Å². The van der Waals surface area contributed by atoms with E-state index in [0.717, 1.165) is 11.1 Å². The average Bonchev–Trinajstić information content (AvgIpc) is 2.38. The molecule has 100 valence electrons. The lowest BCUT2D eigenvalue weighted by Crippen LogP contribution is -2.10. The third kappa shape index (κ3) is 3.36. The predicted octanol–water partition coefficient (Wildman–Crippen LogP) is 3.28. The third-order valence-electron chi connectivity index (χ3n) is 2.45. The van der Waals surface area contributed by atoms with Gasteiger partial charge in [0.15, 0.2) is 0 Å². The number of alkyl halides is 2. The van der Waals surface area contributed by atoms with E-state index in [1.165, 1.54) is 24.3 Å². The summed E-state index contributed by atoms with van der Waals surface area (Å²) in [5, 5.41) is 0. The monoisotopic (exact) mass is 284 g/mol. The molecule has 3 nitrogen and oxygen atoms in total. The van der Waals surface area contributed by atoms with Gasteiger partial charge in [-0.2, -0.15) is 21.4 Å². The fourth-order valence-electron chi connectivity index (χ4n) is 1.60. The summed E-state index contributed by atoms with van der Waals surface area (Å²) in [6.45, 7) is -3.36. The van der Waals surface area contributed by atoms with Crippen LogP contribution in [0.25, 0.3) is 11.1 Å². The summed E-state index contributed by atoms with van der Waals surface area (Å²) in [6.07, 6.45) is 0. The zero-order chi connectivity index (χ0) is 13.9. The van der Waals surface area contributed by atoms with E-state index in [1.807, 2.05) is 30.3 Å². The summed E-state index contributed by atoms with van der Waals surface area (Å²) >= 11 is 0. The lowest BCUT2D eigenvalue weighted by atomic mass is 10.1. The van der Waals surface area contributed by atoms with Gasteiger partial charge in [-0.1, -0.05) is 42.5 Å². The van der Waals surface area contributed by atoms with E-state index >= 15 is 0 Å². The summed E-state index contributed by atoms with van der Waals surface area (Å²) in [5.41, 5.74) is 1.69. The van der Waals surface area contributed by atoms with Gasteiger partial charge in [-0.25, -0.2) is 0 Å². The fourth-order valence-corrected chi connectivity index (χ4v) is 2.37. The van der Waals surface area contributed by atoms with E-state index in [-0.39, 0.29) is 4.90 Å². The first kappa shape index (κ1) is 13.6. The topological polar surface area (TPSA) is 43.4 Å². The summed E-state index contributed by atoms with van der Waals surface area (Å²) in [5.74, 6) is 0. The lowest BCUT2D eigenvalue weighted by molar-refractivity contribution is -0.0445. The average molecular weight is 284 g/mol. The second kappa shape index (κ2) is 5.46. The molecule has 0 unspecified atom stereocenters. The molecule has 0 heterocycles. The largest absolute Gasteiger partial charge is 0.359 e. The van der Waals surface area contributed by atoms with Crippen molar-refractivity contribution in [1.82, 2.24) is 0 Å². The molecular formula is C13H10F2O3S. The van der Waals surface area contributed by atoms with Crippen molar-refractivity contribution in [3.63, 3.8) is 0 Å². The van der Waals surface area contributed by atoms with Crippen molar-refractivity contribution in [2.75, 3.05) is 0 Å². The van der Waals surface area contributed by atoms with Gasteiger partial charge in [0.25, 0.3) is 0 Å². The molecule has 0 spiro atoms. The SMILES string of the molecule is O=S(=O)(OC(F)F)c1ccc(-c2ccccc2)cc1. The van der Waals surface area contributed by atoms with Crippen LogP contribution in [0.1, 0.15) is 0 Å². The van der Waals surface area contributed by atoms with Crippen LogP contribution >= 0.6 is 0 Å². The van der Waals surface area contributed by atoms with Crippen LogP contribution in [0.5, 0.6) is 0 Å². The Kier molecular flexibility index (Phi) is 3.92. The number of hydrogen-bond acceptors (Lipinski definition) is 3. The molecule has 19 heavy (non-hydrogen) atoms. The van der Waals surface area contributed by atoms with Crippen molar-refractivity contribution in [2.24, 2.45) is 0 Å². The highest BCUT2D eigenvalue weighted by Crippen LogP contribution is 2.22. The van der Waals surface area contributed by atoms with Gasteiger partial charge in [0.1, 0.15) is 0 Å². The molecule has 0 N–H and O–H groups in total. The molecule has 0 bridgehead atoms. The zero-order valence-electron chi connectivity index (χ0n) is 9.66. The molecular weight excluding hydrogens is 274 g/mol. The maximum atomic E-state index is 12.0. The molecule has 0 aliphatic carbocycles. The van der Waals surface area contributed by atoms with Crippen LogP contribution in [0.2, 0.25) is 0 Å². The van der Waals surface area contributed by atoms with Crippen molar-refractivity contribution in [1.29, 1.82) is 0 Å². The minimum Gasteiger partial charge on any atom is -0.199 e. The van der Waals surface area contributed by atoms with Crippen LogP contribution in [-0.4, -0.2) is 15.0 Å². The molecule has 0 atom stereocenters. The molecule has 0 aliphatic heterocycles. The number of rotatable bonds is 4. The number of hydrogen-bond donors (Lipinski definition) is 0. The summed E-state index contributed by atoms with van der Waals surface area (Å²) < 4.78 is 50.3. The van der Waals surface area contributed by atoms with E-state index in [1.54, 1.807) is 0 Å². The molecule has 2 aromatic rings. The van der Waals surface area contributed by atoms with Gasteiger partial charge < -0.3 is 0 Å². The maximum absolute atomic E-state index is 12.0. The van der Waals surface area contributed by atoms with E-state index in [0.29, 0.717) is 0 Å². The Hall–Kier alpha value is -1.79. The third-order valence-corrected chi connectivity index (χ3v) is 3.70. The van der Waals surface area contributed by atoms with Crippen molar-refractivity contribution >= 4 is 10.1 Å². The summed E-state index contributed by atoms with van der Waals surface area (Å²) in [7, 11) is -4.41. The standard InChI is InChI=1S/C13H10F2O3S/c14-13(15)18-19(16,17)12-8-6-11(7-9-12)10-4-2-1-3-5-10/h1-9,13H. The molecule has 0 saturated carbocycles. The summed E-state index contributed by atoms with van der Waals surface area (Å²) in [4.78, 5) is -0.299. The van der Waals surface area contributed by atoms with E-state index in [2.05, 4.69) is 4.18 Å². The van der Waals surface area contributed by atoms with Crippen LogP contribution in [0.3, 0.4) is 0 Å². The van der Waals surface area contributed by atoms with Crippen LogP contribution in [0.15, 0.2) is 59.5 Å². The van der Waals surface area contributed by atoms with Gasteiger partial charge in [0.05, 0.1) is 4.90 Å². The highest BCUT2D eigenvalue weighted by atomic mass is 32.2. The molecule has 2 rings (SSSR count). The highest BCUT2D eigenvalue weighted by molar-refractivity contribution is 7.86. The van der Waals surface area contributed by atoms with Crippen molar-refractivity contribution in [3.8, 4) is 11.1 Å². The van der Waals surface area contributed by atoms with Crippen molar-refractivity contribution in [3.05, 3.63) is 54.6 Å². The Bertz CT molecular complexity index is 637.